The molecule has 1 heteroatoms. The van der Waals surface area contributed by atoms with Crippen LogP contribution in [0.5, 0.6) is 0 Å². The Bertz CT molecular complexity index is 3420. The average Bonchev–Trinajstić information content (AvgIpc) is 3.38. The van der Waals surface area contributed by atoms with E-state index in [9.17, 15) is 0 Å². The summed E-state index contributed by atoms with van der Waals surface area (Å²) in [7, 11) is 0. The minimum atomic E-state index is 1.20. The molecule has 0 radical (unpaired) electrons. The maximum Gasteiger partial charge on any atom is 0.0122 e. The van der Waals surface area contributed by atoms with Crippen molar-refractivity contribution in [1.82, 2.24) is 0 Å². The van der Waals surface area contributed by atoms with Crippen LogP contribution >= 0.6 is 11.8 Å². The highest BCUT2D eigenvalue weighted by Crippen LogP contribution is 2.47. The van der Waals surface area contributed by atoms with E-state index in [1.807, 2.05) is 0 Å². The van der Waals surface area contributed by atoms with Gasteiger partial charge in [0.25, 0.3) is 0 Å². The predicted molar refractivity (Wildman–Crippen MR) is 280 cm³/mol. The van der Waals surface area contributed by atoms with Gasteiger partial charge in [0.05, 0.1) is 0 Å². The molecular formula is C64H42S. The molecule has 12 aromatic rings. The fourth-order valence-corrected chi connectivity index (χ4v) is 10.8. The number of fused-ring (bicyclic) bond motifs is 4. The zero-order valence-electron chi connectivity index (χ0n) is 35.7. The van der Waals surface area contributed by atoms with E-state index in [1.54, 1.807) is 11.8 Å². The van der Waals surface area contributed by atoms with Crippen LogP contribution < -0.4 is 0 Å². The minimum Gasteiger partial charge on any atom is -0.0901 e. The molecule has 0 aliphatic heterocycles. The molecule has 0 fully saturated rings. The van der Waals surface area contributed by atoms with Crippen LogP contribution in [0, 0.1) is 0 Å². The first kappa shape index (κ1) is 38.7. The summed E-state index contributed by atoms with van der Waals surface area (Å²) in [6.45, 7) is 0. The molecule has 0 saturated carbocycles. The van der Waals surface area contributed by atoms with E-state index >= 15 is 0 Å². The van der Waals surface area contributed by atoms with Gasteiger partial charge in [0, 0.05) is 9.79 Å². The van der Waals surface area contributed by atoms with E-state index in [1.165, 1.54) is 120 Å². The molecular weight excluding hydrogens is 801 g/mol. The molecule has 0 unspecified atom stereocenters. The van der Waals surface area contributed by atoms with Crippen molar-refractivity contribution < 1.29 is 0 Å². The van der Waals surface area contributed by atoms with Crippen LogP contribution in [0.2, 0.25) is 0 Å². The minimum absolute atomic E-state index is 1.20. The van der Waals surface area contributed by atoms with Crippen LogP contribution in [0.3, 0.4) is 0 Å². The lowest BCUT2D eigenvalue weighted by molar-refractivity contribution is 1.40. The van der Waals surface area contributed by atoms with E-state index < -0.39 is 0 Å². The molecule has 0 atom stereocenters. The van der Waals surface area contributed by atoms with Crippen molar-refractivity contribution in [1.29, 1.82) is 0 Å². The van der Waals surface area contributed by atoms with Crippen LogP contribution in [0.25, 0.3) is 110 Å². The summed E-state index contributed by atoms with van der Waals surface area (Å²) in [5, 5.41) is 10.1. The van der Waals surface area contributed by atoms with Crippen LogP contribution in [-0.2, 0) is 0 Å². The average molecular weight is 843 g/mol. The highest BCUT2D eigenvalue weighted by atomic mass is 32.2. The third kappa shape index (κ3) is 7.08. The van der Waals surface area contributed by atoms with Gasteiger partial charge in [-0.05, 0) is 146 Å². The standard InChI is InChI=1S/C64H42S/c1-5-17-45(18-6-1)61-53-25-13-15-27-55(53)63(47-21-9-3-10-22-47)59-41-49(33-39-57(59)61)43-29-35-51(36-30-43)65-52-37-31-44(32-38-52)50-34-40-58-60(42-50)64(48-23-11-4-12-24-48)56-28-16-14-26-54(56)62(58)46-19-7-2-8-20-46/h1-42H. The number of rotatable bonds is 8. The Morgan fingerprint density at radius 1 is 0.169 bits per heavy atom. The Labute approximate surface area is 384 Å². The first-order chi connectivity index (χ1) is 32.2. The van der Waals surface area contributed by atoms with Gasteiger partial charge in [0.1, 0.15) is 0 Å². The van der Waals surface area contributed by atoms with Crippen molar-refractivity contribution in [3.05, 3.63) is 255 Å². The van der Waals surface area contributed by atoms with Gasteiger partial charge in [0.2, 0.25) is 0 Å². The third-order valence-corrected chi connectivity index (χ3v) is 13.9. The Balaban J connectivity index is 0.881. The lowest BCUT2D eigenvalue weighted by atomic mass is 9.85. The molecule has 0 nitrogen and oxygen atoms in total. The molecule has 0 saturated heterocycles. The molecule has 12 rings (SSSR count). The zero-order valence-corrected chi connectivity index (χ0v) is 36.5. The van der Waals surface area contributed by atoms with Gasteiger partial charge in [-0.25, -0.2) is 0 Å². The topological polar surface area (TPSA) is 0 Å². The second-order valence-corrected chi connectivity index (χ2v) is 17.9. The van der Waals surface area contributed by atoms with Gasteiger partial charge in [-0.1, -0.05) is 230 Å². The second-order valence-electron chi connectivity index (χ2n) is 16.7. The van der Waals surface area contributed by atoms with E-state index in [0.717, 1.165) is 0 Å². The van der Waals surface area contributed by atoms with Crippen LogP contribution in [0.4, 0.5) is 0 Å². The van der Waals surface area contributed by atoms with Crippen molar-refractivity contribution in [3.8, 4) is 66.8 Å². The van der Waals surface area contributed by atoms with Gasteiger partial charge in [0.15, 0.2) is 0 Å². The summed E-state index contributed by atoms with van der Waals surface area (Å²) in [5.41, 5.74) is 14.9. The summed E-state index contributed by atoms with van der Waals surface area (Å²) in [5.74, 6) is 0. The molecule has 0 aromatic heterocycles. The van der Waals surface area contributed by atoms with Crippen molar-refractivity contribution >= 4 is 54.9 Å². The SMILES string of the molecule is c1ccc(-c2c3ccccc3c(-c3ccccc3)c3cc(-c4ccc(Sc5ccc(-c6ccc7c(-c8ccccc8)c8ccccc8c(-c8ccccc8)c7c6)cc5)cc4)ccc23)cc1. The van der Waals surface area contributed by atoms with E-state index in [0.29, 0.717) is 0 Å². The number of hydrogen-bond acceptors (Lipinski definition) is 1. The molecule has 12 aromatic carbocycles. The molecule has 0 bridgehead atoms. The lowest BCUT2D eigenvalue weighted by Gasteiger charge is -2.19. The third-order valence-electron chi connectivity index (χ3n) is 12.9. The maximum atomic E-state index is 2.40. The smallest absolute Gasteiger partial charge is 0.0122 e. The summed E-state index contributed by atoms with van der Waals surface area (Å²) in [6, 6.07) is 93.3. The van der Waals surface area contributed by atoms with Crippen molar-refractivity contribution in [3.63, 3.8) is 0 Å². The summed E-state index contributed by atoms with van der Waals surface area (Å²) in [6.07, 6.45) is 0. The molecule has 0 N–H and O–H groups in total. The molecule has 0 aliphatic carbocycles. The highest BCUT2D eigenvalue weighted by Gasteiger charge is 2.19. The van der Waals surface area contributed by atoms with Gasteiger partial charge >= 0.3 is 0 Å². The molecule has 0 aliphatic rings. The first-order valence-corrected chi connectivity index (χ1v) is 23.1. The van der Waals surface area contributed by atoms with Gasteiger partial charge in [-0.2, -0.15) is 0 Å². The fraction of sp³-hybridized carbons (Fsp3) is 0. The molecule has 0 heterocycles. The maximum absolute atomic E-state index is 2.40. The number of hydrogen-bond donors (Lipinski definition) is 0. The summed E-state index contributed by atoms with van der Waals surface area (Å²) < 4.78 is 0. The Morgan fingerprint density at radius 2 is 0.415 bits per heavy atom. The molecule has 0 spiro atoms. The monoisotopic (exact) mass is 842 g/mol. The molecule has 0 amide bonds. The van der Waals surface area contributed by atoms with Crippen LogP contribution in [0.1, 0.15) is 0 Å². The van der Waals surface area contributed by atoms with Crippen molar-refractivity contribution in [2.45, 2.75) is 9.79 Å². The normalized spacial score (nSPS) is 11.4. The van der Waals surface area contributed by atoms with Crippen LogP contribution in [0.15, 0.2) is 265 Å². The quantitative estimate of drug-likeness (QED) is 0.137. The van der Waals surface area contributed by atoms with Gasteiger partial charge in [-0.15, -0.1) is 0 Å². The lowest BCUT2D eigenvalue weighted by Crippen LogP contribution is -1.91. The van der Waals surface area contributed by atoms with E-state index in [4.69, 9.17) is 0 Å². The number of benzene rings is 12. The van der Waals surface area contributed by atoms with Gasteiger partial charge < -0.3 is 0 Å². The van der Waals surface area contributed by atoms with Crippen molar-refractivity contribution in [2.24, 2.45) is 0 Å². The van der Waals surface area contributed by atoms with Crippen LogP contribution in [-0.4, -0.2) is 0 Å². The zero-order chi connectivity index (χ0) is 43.1. The Morgan fingerprint density at radius 3 is 0.723 bits per heavy atom. The highest BCUT2D eigenvalue weighted by molar-refractivity contribution is 7.99. The van der Waals surface area contributed by atoms with E-state index in [-0.39, 0.29) is 0 Å². The fourth-order valence-electron chi connectivity index (χ4n) is 9.95. The van der Waals surface area contributed by atoms with Crippen molar-refractivity contribution in [2.75, 3.05) is 0 Å². The van der Waals surface area contributed by atoms with E-state index in [2.05, 4.69) is 255 Å². The summed E-state index contributed by atoms with van der Waals surface area (Å²) >= 11 is 1.80. The van der Waals surface area contributed by atoms with Gasteiger partial charge in [-0.3, -0.25) is 0 Å². The predicted octanol–water partition coefficient (Wildman–Crippen LogP) is 18.5. The summed E-state index contributed by atoms with van der Waals surface area (Å²) in [4.78, 5) is 2.42. The molecule has 304 valence electrons. The largest absolute Gasteiger partial charge is 0.0901 e. The Kier molecular flexibility index (Phi) is 9.89. The molecule has 65 heavy (non-hydrogen) atoms. The first-order valence-electron chi connectivity index (χ1n) is 22.3. The second kappa shape index (κ2) is 16.6. The Hall–Kier alpha value is -7.97.